The van der Waals surface area contributed by atoms with Crippen LogP contribution in [0.2, 0.25) is 5.02 Å². The number of pyridine rings is 1. The lowest BCUT2D eigenvalue weighted by Gasteiger charge is -2.02. The summed E-state index contributed by atoms with van der Waals surface area (Å²) in [6, 6.07) is 6.60. The van der Waals surface area contributed by atoms with Gasteiger partial charge in [-0.05, 0) is 30.3 Å². The van der Waals surface area contributed by atoms with Crippen LogP contribution in [0.25, 0.3) is 0 Å². The van der Waals surface area contributed by atoms with Gasteiger partial charge < -0.3 is 0 Å². The summed E-state index contributed by atoms with van der Waals surface area (Å²) < 4.78 is 26.2. The SMILES string of the molecule is Fc1ccc(F)c(Sc2ccc(Cl)cn2)c1. The molecule has 0 atom stereocenters. The Morgan fingerprint density at radius 1 is 1.12 bits per heavy atom. The number of nitrogens with zero attached hydrogens (tertiary/aromatic N) is 1. The highest BCUT2D eigenvalue weighted by atomic mass is 35.5. The standard InChI is InChI=1S/C11H6ClF2NS/c12-7-1-4-11(15-6-7)16-10-5-8(13)2-3-9(10)14/h1-6H. The van der Waals surface area contributed by atoms with Crippen molar-refractivity contribution in [2.45, 2.75) is 9.92 Å². The molecule has 0 spiro atoms. The first-order chi connectivity index (χ1) is 7.65. The quantitative estimate of drug-likeness (QED) is 0.801. The molecule has 0 aliphatic carbocycles. The normalized spacial score (nSPS) is 10.4. The van der Waals surface area contributed by atoms with Crippen LogP contribution in [0.3, 0.4) is 0 Å². The molecule has 0 unspecified atom stereocenters. The van der Waals surface area contributed by atoms with Crippen molar-refractivity contribution in [3.05, 3.63) is 53.2 Å². The molecule has 0 aliphatic heterocycles. The van der Waals surface area contributed by atoms with E-state index >= 15 is 0 Å². The van der Waals surface area contributed by atoms with Crippen LogP contribution in [-0.4, -0.2) is 4.98 Å². The summed E-state index contributed by atoms with van der Waals surface area (Å²) in [4.78, 5) is 4.19. The van der Waals surface area contributed by atoms with Crippen LogP contribution in [-0.2, 0) is 0 Å². The smallest absolute Gasteiger partial charge is 0.137 e. The number of hydrogen-bond acceptors (Lipinski definition) is 2. The van der Waals surface area contributed by atoms with Gasteiger partial charge >= 0.3 is 0 Å². The minimum Gasteiger partial charge on any atom is -0.248 e. The summed E-state index contributed by atoms with van der Waals surface area (Å²) in [6.07, 6.45) is 1.46. The van der Waals surface area contributed by atoms with E-state index < -0.39 is 11.6 Å². The Hall–Kier alpha value is -1.13. The summed E-state index contributed by atoms with van der Waals surface area (Å²) in [5, 5.41) is 1.07. The van der Waals surface area contributed by atoms with Gasteiger partial charge in [0, 0.05) is 6.20 Å². The molecule has 2 rings (SSSR count). The van der Waals surface area contributed by atoms with Gasteiger partial charge in [-0.15, -0.1) is 0 Å². The van der Waals surface area contributed by atoms with E-state index in [1.807, 2.05) is 0 Å². The van der Waals surface area contributed by atoms with Crippen LogP contribution in [0.1, 0.15) is 0 Å². The van der Waals surface area contributed by atoms with Gasteiger partial charge in [0.1, 0.15) is 16.7 Å². The van der Waals surface area contributed by atoms with Crippen LogP contribution < -0.4 is 0 Å². The van der Waals surface area contributed by atoms with E-state index in [2.05, 4.69) is 4.98 Å². The highest BCUT2D eigenvalue weighted by molar-refractivity contribution is 7.99. The second kappa shape index (κ2) is 4.80. The third kappa shape index (κ3) is 2.71. The number of aromatic nitrogens is 1. The zero-order valence-electron chi connectivity index (χ0n) is 7.95. The van der Waals surface area contributed by atoms with Crippen LogP contribution >= 0.6 is 23.4 Å². The first-order valence-electron chi connectivity index (χ1n) is 4.39. The molecule has 2 aromatic rings. The molecular weight excluding hydrogens is 252 g/mol. The summed E-state index contributed by atoms with van der Waals surface area (Å²) >= 11 is 6.72. The van der Waals surface area contributed by atoms with E-state index in [1.165, 1.54) is 6.20 Å². The molecule has 0 N–H and O–H groups in total. The molecule has 5 heteroatoms. The van der Waals surface area contributed by atoms with Crippen LogP contribution in [0, 0.1) is 11.6 Å². The molecule has 0 amide bonds. The third-order valence-electron chi connectivity index (χ3n) is 1.81. The summed E-state index contributed by atoms with van der Waals surface area (Å²) in [6.45, 7) is 0. The predicted molar refractivity (Wildman–Crippen MR) is 59.7 cm³/mol. The van der Waals surface area contributed by atoms with E-state index in [0.717, 1.165) is 30.0 Å². The molecule has 1 nitrogen and oxygen atoms in total. The Bertz CT molecular complexity index is 502. The van der Waals surface area contributed by atoms with Crippen molar-refractivity contribution in [2.24, 2.45) is 0 Å². The number of benzene rings is 1. The van der Waals surface area contributed by atoms with Gasteiger partial charge in [0.15, 0.2) is 0 Å². The molecule has 0 aliphatic rings. The average Bonchev–Trinajstić information content (AvgIpc) is 2.27. The Morgan fingerprint density at radius 2 is 1.94 bits per heavy atom. The molecule has 0 saturated carbocycles. The van der Waals surface area contributed by atoms with Crippen molar-refractivity contribution in [3.63, 3.8) is 0 Å². The lowest BCUT2D eigenvalue weighted by molar-refractivity contribution is 0.577. The van der Waals surface area contributed by atoms with E-state index in [4.69, 9.17) is 11.6 Å². The summed E-state index contributed by atoms with van der Waals surface area (Å²) in [5.41, 5.74) is 0. The first-order valence-corrected chi connectivity index (χ1v) is 5.59. The van der Waals surface area contributed by atoms with Gasteiger partial charge in [0.2, 0.25) is 0 Å². The lowest BCUT2D eigenvalue weighted by Crippen LogP contribution is -1.85. The van der Waals surface area contributed by atoms with Gasteiger partial charge in [-0.25, -0.2) is 13.8 Å². The molecule has 0 bridgehead atoms. The second-order valence-corrected chi connectivity index (χ2v) is 4.49. The molecule has 1 aromatic carbocycles. The first kappa shape index (κ1) is 11.4. The van der Waals surface area contributed by atoms with E-state index in [1.54, 1.807) is 12.1 Å². The lowest BCUT2D eigenvalue weighted by atomic mass is 10.3. The molecule has 1 heterocycles. The van der Waals surface area contributed by atoms with Crippen molar-refractivity contribution in [1.29, 1.82) is 0 Å². The maximum atomic E-state index is 13.3. The maximum absolute atomic E-state index is 13.3. The third-order valence-corrected chi connectivity index (χ3v) is 3.02. The van der Waals surface area contributed by atoms with Crippen LogP contribution in [0.15, 0.2) is 46.5 Å². The van der Waals surface area contributed by atoms with Gasteiger partial charge in [-0.1, -0.05) is 23.4 Å². The summed E-state index contributed by atoms with van der Waals surface area (Å²) in [5.74, 6) is -0.944. The fourth-order valence-corrected chi connectivity index (χ4v) is 2.01. The van der Waals surface area contributed by atoms with Gasteiger partial charge in [0.25, 0.3) is 0 Å². The van der Waals surface area contributed by atoms with Crippen molar-refractivity contribution < 1.29 is 8.78 Å². The van der Waals surface area contributed by atoms with Crippen LogP contribution in [0.5, 0.6) is 0 Å². The molecule has 1 aromatic heterocycles. The highest BCUT2D eigenvalue weighted by Gasteiger charge is 2.06. The fraction of sp³-hybridized carbons (Fsp3) is 0. The molecule has 0 fully saturated rings. The average molecular weight is 258 g/mol. The Balaban J connectivity index is 2.26. The number of hydrogen-bond donors (Lipinski definition) is 0. The van der Waals surface area contributed by atoms with Crippen LogP contribution in [0.4, 0.5) is 8.78 Å². The van der Waals surface area contributed by atoms with Gasteiger partial charge in [-0.3, -0.25) is 0 Å². The predicted octanol–water partition coefficient (Wildman–Crippen LogP) is 4.16. The minimum atomic E-state index is -0.474. The van der Waals surface area contributed by atoms with Gasteiger partial charge in [0.05, 0.1) is 9.92 Å². The monoisotopic (exact) mass is 257 g/mol. The van der Waals surface area contributed by atoms with Crippen molar-refractivity contribution in [2.75, 3.05) is 0 Å². The molecule has 0 saturated heterocycles. The number of rotatable bonds is 2. The van der Waals surface area contributed by atoms with Crippen molar-refractivity contribution in [3.8, 4) is 0 Å². The zero-order valence-corrected chi connectivity index (χ0v) is 9.53. The second-order valence-electron chi connectivity index (χ2n) is 2.99. The molecular formula is C11H6ClF2NS. The van der Waals surface area contributed by atoms with Crippen molar-refractivity contribution in [1.82, 2.24) is 4.98 Å². The van der Waals surface area contributed by atoms with E-state index in [0.29, 0.717) is 10.0 Å². The fourth-order valence-electron chi connectivity index (χ4n) is 1.09. The Morgan fingerprint density at radius 3 is 2.62 bits per heavy atom. The molecule has 0 radical (unpaired) electrons. The van der Waals surface area contributed by atoms with Crippen molar-refractivity contribution >= 4 is 23.4 Å². The summed E-state index contributed by atoms with van der Waals surface area (Å²) in [7, 11) is 0. The zero-order chi connectivity index (χ0) is 11.5. The minimum absolute atomic E-state index is 0.204. The van der Waals surface area contributed by atoms with E-state index in [9.17, 15) is 8.78 Å². The largest absolute Gasteiger partial charge is 0.248 e. The Kier molecular flexibility index (Phi) is 3.41. The van der Waals surface area contributed by atoms with Gasteiger partial charge in [-0.2, -0.15) is 0 Å². The molecule has 82 valence electrons. The maximum Gasteiger partial charge on any atom is 0.137 e. The molecule has 16 heavy (non-hydrogen) atoms. The highest BCUT2D eigenvalue weighted by Crippen LogP contribution is 2.29. The topological polar surface area (TPSA) is 12.9 Å². The number of halogens is 3. The Labute approximate surface area is 100 Å². The van der Waals surface area contributed by atoms with E-state index in [-0.39, 0.29) is 4.90 Å².